The minimum absolute atomic E-state index is 0.172. The summed E-state index contributed by atoms with van der Waals surface area (Å²) in [4.78, 5) is 2.62. The van der Waals surface area contributed by atoms with Crippen LogP contribution >= 0.6 is 0 Å². The molecule has 2 rings (SSSR count). The van der Waals surface area contributed by atoms with E-state index in [2.05, 4.69) is 76.9 Å². The topological polar surface area (TPSA) is 15.3 Å². The molecule has 1 N–H and O–H groups in total. The lowest BCUT2D eigenvalue weighted by Crippen LogP contribution is -2.44. The SMILES string of the molecule is CCC1(CC)CN(C(C)(C)C)c2cccc(CNC(C)C)c21. The Bertz CT molecular complexity index is 507. The fourth-order valence-electron chi connectivity index (χ4n) is 3.78. The second kappa shape index (κ2) is 6.23. The summed E-state index contributed by atoms with van der Waals surface area (Å²) in [6.07, 6.45) is 2.42. The van der Waals surface area contributed by atoms with Crippen molar-refractivity contribution in [2.24, 2.45) is 0 Å². The van der Waals surface area contributed by atoms with E-state index in [9.17, 15) is 0 Å². The van der Waals surface area contributed by atoms with Gasteiger partial charge in [-0.25, -0.2) is 0 Å². The molecule has 0 aromatic heterocycles. The molecule has 22 heavy (non-hydrogen) atoms. The van der Waals surface area contributed by atoms with Gasteiger partial charge in [0.15, 0.2) is 0 Å². The van der Waals surface area contributed by atoms with E-state index in [1.807, 2.05) is 0 Å². The second-order valence-electron chi connectivity index (χ2n) is 8.09. The number of hydrogen-bond acceptors (Lipinski definition) is 2. The van der Waals surface area contributed by atoms with Crippen LogP contribution in [0, 0.1) is 0 Å². The zero-order valence-corrected chi connectivity index (χ0v) is 15.6. The van der Waals surface area contributed by atoms with Crippen LogP contribution in [0.1, 0.15) is 72.4 Å². The van der Waals surface area contributed by atoms with Gasteiger partial charge in [0.2, 0.25) is 0 Å². The van der Waals surface area contributed by atoms with Crippen LogP contribution < -0.4 is 10.2 Å². The summed E-state index contributed by atoms with van der Waals surface area (Å²) in [5.41, 5.74) is 5.02. The summed E-state index contributed by atoms with van der Waals surface area (Å²) < 4.78 is 0. The number of nitrogens with zero attached hydrogens (tertiary/aromatic N) is 1. The molecule has 124 valence electrons. The van der Waals surface area contributed by atoms with Crippen molar-refractivity contribution in [3.8, 4) is 0 Å². The molecule has 0 spiro atoms. The third-order valence-electron chi connectivity index (χ3n) is 5.27. The molecule has 0 saturated carbocycles. The van der Waals surface area contributed by atoms with Crippen LogP contribution in [0.3, 0.4) is 0 Å². The Hall–Kier alpha value is -1.02. The number of anilines is 1. The molecule has 0 atom stereocenters. The Morgan fingerprint density at radius 3 is 2.32 bits per heavy atom. The highest BCUT2D eigenvalue weighted by atomic mass is 15.2. The Morgan fingerprint density at radius 2 is 1.82 bits per heavy atom. The predicted octanol–water partition coefficient (Wildman–Crippen LogP) is 4.86. The largest absolute Gasteiger partial charge is 0.366 e. The highest BCUT2D eigenvalue weighted by molar-refractivity contribution is 5.67. The minimum Gasteiger partial charge on any atom is -0.366 e. The smallest absolute Gasteiger partial charge is 0.0413 e. The van der Waals surface area contributed by atoms with E-state index in [4.69, 9.17) is 0 Å². The highest BCUT2D eigenvalue weighted by Gasteiger charge is 2.44. The number of nitrogens with one attached hydrogen (secondary N) is 1. The van der Waals surface area contributed by atoms with Crippen LogP contribution in [0.4, 0.5) is 5.69 Å². The maximum absolute atomic E-state index is 3.61. The van der Waals surface area contributed by atoms with Crippen LogP contribution in [-0.4, -0.2) is 18.1 Å². The van der Waals surface area contributed by atoms with Crippen molar-refractivity contribution in [1.29, 1.82) is 0 Å². The zero-order valence-electron chi connectivity index (χ0n) is 15.6. The summed E-state index contributed by atoms with van der Waals surface area (Å²) in [5, 5.41) is 3.61. The van der Waals surface area contributed by atoms with Gasteiger partial charge in [0.05, 0.1) is 0 Å². The summed E-state index contributed by atoms with van der Waals surface area (Å²) in [5.74, 6) is 0. The summed E-state index contributed by atoms with van der Waals surface area (Å²) >= 11 is 0. The molecule has 1 aliphatic heterocycles. The molecule has 2 heteroatoms. The molecular formula is C20H34N2. The Morgan fingerprint density at radius 1 is 1.18 bits per heavy atom. The standard InChI is InChI=1S/C20H34N2/c1-8-20(9-2)14-22(19(5,6)7)17-12-10-11-16(18(17)20)13-21-15(3)4/h10-12,15,21H,8-9,13-14H2,1-7H3. The average Bonchev–Trinajstić information content (AvgIpc) is 2.81. The Labute approximate surface area is 137 Å². The number of benzene rings is 1. The van der Waals surface area contributed by atoms with Gasteiger partial charge < -0.3 is 10.2 Å². The van der Waals surface area contributed by atoms with Gasteiger partial charge in [0.25, 0.3) is 0 Å². The highest BCUT2D eigenvalue weighted by Crippen LogP contribution is 2.49. The lowest BCUT2D eigenvalue weighted by Gasteiger charge is -2.37. The van der Waals surface area contributed by atoms with E-state index in [0.29, 0.717) is 11.5 Å². The molecule has 2 nitrogen and oxygen atoms in total. The number of rotatable bonds is 5. The van der Waals surface area contributed by atoms with Crippen molar-refractivity contribution in [2.75, 3.05) is 11.4 Å². The van der Waals surface area contributed by atoms with Gasteiger partial charge in [0.1, 0.15) is 0 Å². The predicted molar refractivity (Wildman–Crippen MR) is 97.8 cm³/mol. The molecule has 0 bridgehead atoms. The van der Waals surface area contributed by atoms with Gasteiger partial charge in [-0.2, -0.15) is 0 Å². The third kappa shape index (κ3) is 3.03. The molecule has 1 aromatic rings. The van der Waals surface area contributed by atoms with Crippen LogP contribution in [0.25, 0.3) is 0 Å². The quantitative estimate of drug-likeness (QED) is 0.835. The molecule has 0 saturated heterocycles. The first-order valence-corrected chi connectivity index (χ1v) is 8.88. The van der Waals surface area contributed by atoms with Gasteiger partial charge in [-0.3, -0.25) is 0 Å². The molecule has 0 radical (unpaired) electrons. The second-order valence-corrected chi connectivity index (χ2v) is 8.09. The first kappa shape index (κ1) is 17.3. The van der Waals surface area contributed by atoms with Crippen molar-refractivity contribution in [2.45, 2.75) is 84.8 Å². The molecule has 1 aliphatic rings. The Kier molecular flexibility index (Phi) is 4.91. The molecule has 0 aliphatic carbocycles. The van der Waals surface area contributed by atoms with Crippen molar-refractivity contribution in [3.05, 3.63) is 29.3 Å². The fraction of sp³-hybridized carbons (Fsp3) is 0.700. The maximum Gasteiger partial charge on any atom is 0.0413 e. The van der Waals surface area contributed by atoms with Crippen LogP contribution in [0.5, 0.6) is 0 Å². The number of fused-ring (bicyclic) bond motifs is 1. The van der Waals surface area contributed by atoms with Crippen molar-refractivity contribution in [1.82, 2.24) is 5.32 Å². The number of hydrogen-bond donors (Lipinski definition) is 1. The van der Waals surface area contributed by atoms with E-state index in [0.717, 1.165) is 13.1 Å². The molecular weight excluding hydrogens is 268 g/mol. The van der Waals surface area contributed by atoms with E-state index < -0.39 is 0 Å². The molecule has 1 aromatic carbocycles. The molecule has 0 unspecified atom stereocenters. The molecule has 0 amide bonds. The van der Waals surface area contributed by atoms with E-state index in [-0.39, 0.29) is 5.54 Å². The summed E-state index contributed by atoms with van der Waals surface area (Å²) in [6, 6.07) is 7.40. The first-order valence-electron chi connectivity index (χ1n) is 8.88. The molecule has 0 fully saturated rings. The summed E-state index contributed by atoms with van der Waals surface area (Å²) in [7, 11) is 0. The van der Waals surface area contributed by atoms with Gasteiger partial charge in [-0.15, -0.1) is 0 Å². The lowest BCUT2D eigenvalue weighted by molar-refractivity contribution is 0.384. The van der Waals surface area contributed by atoms with Gasteiger partial charge in [0, 0.05) is 35.8 Å². The first-order chi connectivity index (χ1) is 10.2. The van der Waals surface area contributed by atoms with E-state index in [1.54, 1.807) is 5.56 Å². The van der Waals surface area contributed by atoms with Gasteiger partial charge >= 0.3 is 0 Å². The van der Waals surface area contributed by atoms with Gasteiger partial charge in [-0.05, 0) is 50.8 Å². The average molecular weight is 303 g/mol. The van der Waals surface area contributed by atoms with Crippen LogP contribution in [-0.2, 0) is 12.0 Å². The Balaban J connectivity index is 2.53. The van der Waals surface area contributed by atoms with Crippen molar-refractivity contribution in [3.63, 3.8) is 0 Å². The monoisotopic (exact) mass is 302 g/mol. The van der Waals surface area contributed by atoms with Crippen LogP contribution in [0.2, 0.25) is 0 Å². The molecule has 1 heterocycles. The fourth-order valence-corrected chi connectivity index (χ4v) is 3.78. The minimum atomic E-state index is 0.172. The van der Waals surface area contributed by atoms with Gasteiger partial charge in [-0.1, -0.05) is 39.8 Å². The normalized spacial score (nSPS) is 17.2. The van der Waals surface area contributed by atoms with E-state index in [1.165, 1.54) is 24.1 Å². The van der Waals surface area contributed by atoms with E-state index >= 15 is 0 Å². The lowest BCUT2D eigenvalue weighted by atomic mass is 9.75. The zero-order chi connectivity index (χ0) is 16.5. The van der Waals surface area contributed by atoms with Crippen molar-refractivity contribution < 1.29 is 0 Å². The maximum atomic E-state index is 3.61. The van der Waals surface area contributed by atoms with Crippen molar-refractivity contribution >= 4 is 5.69 Å². The van der Waals surface area contributed by atoms with Crippen LogP contribution in [0.15, 0.2) is 18.2 Å². The third-order valence-corrected chi connectivity index (χ3v) is 5.27. The summed E-state index contributed by atoms with van der Waals surface area (Å²) in [6.45, 7) is 18.3.